The molecule has 0 aliphatic heterocycles. The van der Waals surface area contributed by atoms with E-state index in [0.29, 0.717) is 10.0 Å². The molecular weight excluding hydrogens is 231 g/mol. The summed E-state index contributed by atoms with van der Waals surface area (Å²) in [5, 5.41) is 7.79. The summed E-state index contributed by atoms with van der Waals surface area (Å²) in [6.07, 6.45) is 0. The van der Waals surface area contributed by atoms with Gasteiger partial charge in [-0.15, -0.1) is 0 Å². The monoisotopic (exact) mass is 246 g/mol. The van der Waals surface area contributed by atoms with Gasteiger partial charge in [-0.25, -0.2) is 0 Å². The lowest BCUT2D eigenvalue weighted by Crippen LogP contribution is -2.42. The molecule has 0 spiro atoms. The Morgan fingerprint density at radius 1 is 1.27 bits per heavy atom. The number of hydrogen-bond acceptors (Lipinski definition) is 2. The summed E-state index contributed by atoms with van der Waals surface area (Å²) in [7, 11) is 1.94. The summed E-state index contributed by atoms with van der Waals surface area (Å²) in [6, 6.07) is 5.44. The highest BCUT2D eigenvalue weighted by Gasteiger charge is 2.14. The molecule has 2 nitrogen and oxygen atoms in total. The second-order valence-corrected chi connectivity index (χ2v) is 4.96. The number of benzene rings is 1. The van der Waals surface area contributed by atoms with Crippen LogP contribution in [0.3, 0.4) is 0 Å². The molecule has 0 aromatic heterocycles. The van der Waals surface area contributed by atoms with Crippen molar-refractivity contribution in [3.05, 3.63) is 28.2 Å². The van der Waals surface area contributed by atoms with Gasteiger partial charge in [0.05, 0.1) is 10.7 Å². The van der Waals surface area contributed by atoms with Crippen LogP contribution in [0.1, 0.15) is 13.8 Å². The van der Waals surface area contributed by atoms with E-state index in [0.717, 1.165) is 12.2 Å². The average molecular weight is 247 g/mol. The average Bonchev–Trinajstić information content (AvgIpc) is 2.16. The molecule has 1 aromatic carbocycles. The van der Waals surface area contributed by atoms with Crippen LogP contribution in [0.5, 0.6) is 0 Å². The SMILES string of the molecule is CNC(C)(C)CNc1ccc(Cl)cc1Cl. The van der Waals surface area contributed by atoms with Gasteiger partial charge in [0.15, 0.2) is 0 Å². The third-order valence-electron chi connectivity index (χ3n) is 2.33. The van der Waals surface area contributed by atoms with E-state index >= 15 is 0 Å². The van der Waals surface area contributed by atoms with Gasteiger partial charge < -0.3 is 10.6 Å². The molecule has 4 heteroatoms. The van der Waals surface area contributed by atoms with E-state index < -0.39 is 0 Å². The zero-order valence-corrected chi connectivity index (χ0v) is 10.7. The molecule has 84 valence electrons. The van der Waals surface area contributed by atoms with E-state index in [9.17, 15) is 0 Å². The largest absolute Gasteiger partial charge is 0.382 e. The normalized spacial score (nSPS) is 11.5. The van der Waals surface area contributed by atoms with Crippen molar-refractivity contribution in [1.29, 1.82) is 0 Å². The molecule has 1 aromatic rings. The molecule has 15 heavy (non-hydrogen) atoms. The third-order valence-corrected chi connectivity index (χ3v) is 2.88. The molecule has 0 aliphatic carbocycles. The summed E-state index contributed by atoms with van der Waals surface area (Å²) in [5.74, 6) is 0. The standard InChI is InChI=1S/C11H16Cl2N2/c1-11(2,14-3)7-15-10-5-4-8(12)6-9(10)13/h4-6,14-15H,7H2,1-3H3. The van der Waals surface area contributed by atoms with Crippen molar-refractivity contribution in [3.8, 4) is 0 Å². The van der Waals surface area contributed by atoms with Crippen LogP contribution in [0, 0.1) is 0 Å². The van der Waals surface area contributed by atoms with E-state index in [4.69, 9.17) is 23.2 Å². The first kappa shape index (κ1) is 12.6. The zero-order chi connectivity index (χ0) is 11.5. The molecule has 2 N–H and O–H groups in total. The number of nitrogens with one attached hydrogen (secondary N) is 2. The smallest absolute Gasteiger partial charge is 0.0652 e. The molecular formula is C11H16Cl2N2. The maximum Gasteiger partial charge on any atom is 0.0652 e. The molecule has 0 heterocycles. The minimum Gasteiger partial charge on any atom is -0.382 e. The van der Waals surface area contributed by atoms with Crippen LogP contribution in [-0.4, -0.2) is 19.1 Å². The fourth-order valence-corrected chi connectivity index (χ4v) is 1.51. The predicted octanol–water partition coefficient (Wildman–Crippen LogP) is 3.40. The van der Waals surface area contributed by atoms with Gasteiger partial charge in [-0.3, -0.25) is 0 Å². The number of halogens is 2. The van der Waals surface area contributed by atoms with E-state index in [1.54, 1.807) is 6.07 Å². The topological polar surface area (TPSA) is 24.1 Å². The van der Waals surface area contributed by atoms with Crippen LogP contribution in [0.4, 0.5) is 5.69 Å². The first-order valence-corrected chi connectivity index (χ1v) is 5.58. The fourth-order valence-electron chi connectivity index (χ4n) is 1.04. The Morgan fingerprint density at radius 3 is 2.47 bits per heavy atom. The number of likely N-dealkylation sites (N-methyl/N-ethyl adjacent to an activating group) is 1. The summed E-state index contributed by atoms with van der Waals surface area (Å²) in [5.41, 5.74) is 0.938. The highest BCUT2D eigenvalue weighted by molar-refractivity contribution is 6.36. The molecule has 0 unspecified atom stereocenters. The minimum absolute atomic E-state index is 0.0307. The van der Waals surface area contributed by atoms with Gasteiger partial charge in [0.2, 0.25) is 0 Å². The van der Waals surface area contributed by atoms with Gasteiger partial charge in [-0.05, 0) is 39.1 Å². The van der Waals surface area contributed by atoms with Gasteiger partial charge in [-0.1, -0.05) is 23.2 Å². The third kappa shape index (κ3) is 3.90. The van der Waals surface area contributed by atoms with E-state index in [1.807, 2.05) is 19.2 Å². The van der Waals surface area contributed by atoms with E-state index in [-0.39, 0.29) is 5.54 Å². The van der Waals surface area contributed by atoms with Crippen molar-refractivity contribution in [2.75, 3.05) is 18.9 Å². The Hall–Kier alpha value is -0.440. The van der Waals surface area contributed by atoms with Crippen molar-refractivity contribution in [3.63, 3.8) is 0 Å². The lowest BCUT2D eigenvalue weighted by atomic mass is 10.1. The Morgan fingerprint density at radius 2 is 1.93 bits per heavy atom. The summed E-state index contributed by atoms with van der Waals surface area (Å²) < 4.78 is 0. The van der Waals surface area contributed by atoms with Crippen molar-refractivity contribution >= 4 is 28.9 Å². The molecule has 0 amide bonds. The maximum atomic E-state index is 6.03. The number of rotatable bonds is 4. The fraction of sp³-hybridized carbons (Fsp3) is 0.455. The van der Waals surface area contributed by atoms with Crippen LogP contribution in [-0.2, 0) is 0 Å². The Bertz CT molecular complexity index is 337. The first-order valence-electron chi connectivity index (χ1n) is 4.82. The second-order valence-electron chi connectivity index (χ2n) is 4.11. The molecule has 0 atom stereocenters. The molecule has 1 rings (SSSR count). The van der Waals surface area contributed by atoms with E-state index in [2.05, 4.69) is 24.5 Å². The minimum atomic E-state index is 0.0307. The molecule has 0 bridgehead atoms. The lowest BCUT2D eigenvalue weighted by Gasteiger charge is -2.25. The van der Waals surface area contributed by atoms with Gasteiger partial charge in [0.1, 0.15) is 0 Å². The van der Waals surface area contributed by atoms with Crippen LogP contribution in [0.2, 0.25) is 10.0 Å². The summed E-state index contributed by atoms with van der Waals surface area (Å²) >= 11 is 11.8. The van der Waals surface area contributed by atoms with E-state index in [1.165, 1.54) is 0 Å². The molecule has 0 radical (unpaired) electrons. The van der Waals surface area contributed by atoms with Crippen LogP contribution in [0.15, 0.2) is 18.2 Å². The molecule has 0 fully saturated rings. The van der Waals surface area contributed by atoms with Gasteiger partial charge in [-0.2, -0.15) is 0 Å². The highest BCUT2D eigenvalue weighted by atomic mass is 35.5. The predicted molar refractivity (Wildman–Crippen MR) is 68.1 cm³/mol. The quantitative estimate of drug-likeness (QED) is 0.852. The Balaban J connectivity index is 2.66. The number of anilines is 1. The van der Waals surface area contributed by atoms with Gasteiger partial charge >= 0.3 is 0 Å². The van der Waals surface area contributed by atoms with Crippen LogP contribution < -0.4 is 10.6 Å². The lowest BCUT2D eigenvalue weighted by molar-refractivity contribution is 0.448. The first-order chi connectivity index (χ1) is 6.94. The van der Waals surface area contributed by atoms with Crippen molar-refractivity contribution < 1.29 is 0 Å². The molecule has 0 saturated carbocycles. The van der Waals surface area contributed by atoms with Crippen molar-refractivity contribution in [2.45, 2.75) is 19.4 Å². The maximum absolute atomic E-state index is 6.03. The van der Waals surface area contributed by atoms with Crippen molar-refractivity contribution in [1.82, 2.24) is 5.32 Å². The van der Waals surface area contributed by atoms with Gasteiger partial charge in [0, 0.05) is 17.1 Å². The Labute approximate surface area is 101 Å². The van der Waals surface area contributed by atoms with Crippen LogP contribution >= 0.6 is 23.2 Å². The summed E-state index contributed by atoms with van der Waals surface area (Å²) in [6.45, 7) is 5.03. The zero-order valence-electron chi connectivity index (χ0n) is 9.20. The molecule has 0 aliphatic rings. The Kier molecular flexibility index (Phi) is 4.26. The molecule has 0 saturated heterocycles. The van der Waals surface area contributed by atoms with Gasteiger partial charge in [0.25, 0.3) is 0 Å². The second kappa shape index (κ2) is 5.06. The van der Waals surface area contributed by atoms with Crippen LogP contribution in [0.25, 0.3) is 0 Å². The highest BCUT2D eigenvalue weighted by Crippen LogP contribution is 2.25. The number of hydrogen-bond donors (Lipinski definition) is 2. The summed E-state index contributed by atoms with van der Waals surface area (Å²) in [4.78, 5) is 0. The van der Waals surface area contributed by atoms with Crippen molar-refractivity contribution in [2.24, 2.45) is 0 Å².